The van der Waals surface area contributed by atoms with Crippen LogP contribution in [0.4, 0.5) is 0 Å². The molecule has 1 fully saturated rings. The van der Waals surface area contributed by atoms with E-state index in [0.717, 1.165) is 11.3 Å². The second-order valence-corrected chi connectivity index (χ2v) is 7.41. The molecule has 32 heavy (non-hydrogen) atoms. The van der Waals surface area contributed by atoms with Crippen LogP contribution in [0.2, 0.25) is 0 Å². The first kappa shape index (κ1) is 21.3. The van der Waals surface area contributed by atoms with Crippen LogP contribution in [-0.2, 0) is 4.79 Å². The van der Waals surface area contributed by atoms with Crippen molar-refractivity contribution in [1.29, 1.82) is 0 Å². The Morgan fingerprint density at radius 3 is 2.41 bits per heavy atom. The van der Waals surface area contributed by atoms with Gasteiger partial charge in [-0.25, -0.2) is 9.97 Å². The van der Waals surface area contributed by atoms with Gasteiger partial charge in [-0.2, -0.15) is 0 Å². The van der Waals surface area contributed by atoms with E-state index >= 15 is 0 Å². The molecule has 3 aromatic rings. The van der Waals surface area contributed by atoms with E-state index in [-0.39, 0.29) is 23.9 Å². The van der Waals surface area contributed by atoms with Gasteiger partial charge in [-0.3, -0.25) is 9.59 Å². The molecule has 0 bridgehead atoms. The molecule has 1 unspecified atom stereocenters. The summed E-state index contributed by atoms with van der Waals surface area (Å²) in [6.45, 7) is 2.90. The van der Waals surface area contributed by atoms with Crippen molar-refractivity contribution < 1.29 is 19.1 Å². The fourth-order valence-corrected chi connectivity index (χ4v) is 3.73. The van der Waals surface area contributed by atoms with Gasteiger partial charge in [0.05, 0.1) is 13.2 Å². The van der Waals surface area contributed by atoms with Crippen LogP contribution < -0.4 is 9.47 Å². The number of piperazine rings is 1. The zero-order valence-electron chi connectivity index (χ0n) is 18.0. The summed E-state index contributed by atoms with van der Waals surface area (Å²) in [6.07, 6.45) is 3.18. The average molecular weight is 432 g/mol. The summed E-state index contributed by atoms with van der Waals surface area (Å²) in [7, 11) is 1.61. The molecule has 0 radical (unpaired) electrons. The maximum absolute atomic E-state index is 13.5. The van der Waals surface area contributed by atoms with Crippen molar-refractivity contribution in [2.24, 2.45) is 0 Å². The fourth-order valence-electron chi connectivity index (χ4n) is 3.73. The van der Waals surface area contributed by atoms with Crippen LogP contribution >= 0.6 is 0 Å². The summed E-state index contributed by atoms with van der Waals surface area (Å²) >= 11 is 0. The molecule has 8 nitrogen and oxygen atoms in total. The van der Waals surface area contributed by atoms with Crippen molar-refractivity contribution in [1.82, 2.24) is 19.8 Å². The number of hydrogen-bond donors (Lipinski definition) is 0. The Hall–Kier alpha value is -3.94. The van der Waals surface area contributed by atoms with E-state index in [2.05, 4.69) is 9.97 Å². The van der Waals surface area contributed by atoms with Gasteiger partial charge in [-0.1, -0.05) is 18.2 Å². The second-order valence-electron chi connectivity index (χ2n) is 7.41. The lowest BCUT2D eigenvalue weighted by molar-refractivity contribution is -0.131. The zero-order chi connectivity index (χ0) is 22.5. The van der Waals surface area contributed by atoms with Crippen LogP contribution in [0, 0.1) is 0 Å². The Labute approximate surface area is 186 Å². The number of hydrogen-bond acceptors (Lipinski definition) is 6. The number of methoxy groups -OCH3 is 1. The number of rotatable bonds is 5. The second kappa shape index (κ2) is 9.47. The molecule has 0 aliphatic carbocycles. The predicted octanol–water partition coefficient (Wildman–Crippen LogP) is 3.32. The lowest BCUT2D eigenvalue weighted by Gasteiger charge is -2.41. The molecule has 1 aromatic heterocycles. The van der Waals surface area contributed by atoms with Crippen molar-refractivity contribution in [3.8, 4) is 17.5 Å². The Bertz CT molecular complexity index is 1090. The largest absolute Gasteiger partial charge is 0.497 e. The number of aromatic nitrogens is 2. The first-order chi connectivity index (χ1) is 15.5. The molecule has 0 saturated carbocycles. The summed E-state index contributed by atoms with van der Waals surface area (Å²) in [6, 6.07) is 16.2. The Balaban J connectivity index is 1.60. The third kappa shape index (κ3) is 4.69. The van der Waals surface area contributed by atoms with Crippen LogP contribution in [0.5, 0.6) is 17.5 Å². The minimum Gasteiger partial charge on any atom is -0.497 e. The molecule has 2 aromatic carbocycles. The SMILES string of the molecule is COc1ccc(C2CN(C(C)=O)CCN2C(=O)c2cccc(Oc3ncccn3)c2)cc1. The molecule has 1 aliphatic heterocycles. The first-order valence-electron chi connectivity index (χ1n) is 10.3. The van der Waals surface area contributed by atoms with E-state index in [1.54, 1.807) is 66.6 Å². The molecule has 1 saturated heterocycles. The number of benzene rings is 2. The Kier molecular flexibility index (Phi) is 6.30. The molecule has 4 rings (SSSR count). The van der Waals surface area contributed by atoms with Crippen LogP contribution in [0.3, 0.4) is 0 Å². The highest BCUT2D eigenvalue weighted by Crippen LogP contribution is 2.29. The van der Waals surface area contributed by atoms with Gasteiger partial charge in [0.2, 0.25) is 5.91 Å². The number of carbonyl (C=O) groups is 2. The summed E-state index contributed by atoms with van der Waals surface area (Å²) in [4.78, 5) is 37.2. The van der Waals surface area contributed by atoms with E-state index in [4.69, 9.17) is 9.47 Å². The first-order valence-corrected chi connectivity index (χ1v) is 10.3. The predicted molar refractivity (Wildman–Crippen MR) is 118 cm³/mol. The van der Waals surface area contributed by atoms with E-state index in [0.29, 0.717) is 30.9 Å². The van der Waals surface area contributed by atoms with Crippen molar-refractivity contribution in [3.63, 3.8) is 0 Å². The number of amides is 2. The topological polar surface area (TPSA) is 84.9 Å². The lowest BCUT2D eigenvalue weighted by Crippen LogP contribution is -2.51. The smallest absolute Gasteiger partial charge is 0.321 e. The Morgan fingerprint density at radius 1 is 0.969 bits per heavy atom. The maximum atomic E-state index is 13.5. The van der Waals surface area contributed by atoms with Gasteiger partial charge in [-0.05, 0) is 42.0 Å². The Morgan fingerprint density at radius 2 is 1.72 bits per heavy atom. The minimum atomic E-state index is -0.270. The summed E-state index contributed by atoms with van der Waals surface area (Å²) < 4.78 is 10.9. The quantitative estimate of drug-likeness (QED) is 0.615. The molecule has 2 heterocycles. The van der Waals surface area contributed by atoms with E-state index in [1.807, 2.05) is 24.3 Å². The normalized spacial score (nSPS) is 15.9. The average Bonchev–Trinajstić information content (AvgIpc) is 2.84. The molecular weight excluding hydrogens is 408 g/mol. The molecule has 164 valence electrons. The van der Waals surface area contributed by atoms with E-state index < -0.39 is 0 Å². The molecular formula is C24H24N4O4. The molecule has 8 heteroatoms. The highest BCUT2D eigenvalue weighted by Gasteiger charge is 2.33. The van der Waals surface area contributed by atoms with Crippen molar-refractivity contribution in [2.45, 2.75) is 13.0 Å². The highest BCUT2D eigenvalue weighted by atomic mass is 16.5. The van der Waals surface area contributed by atoms with Gasteiger partial charge in [0.1, 0.15) is 11.5 Å². The van der Waals surface area contributed by atoms with Crippen LogP contribution in [0.15, 0.2) is 67.0 Å². The van der Waals surface area contributed by atoms with E-state index in [1.165, 1.54) is 0 Å². The molecule has 2 amide bonds. The van der Waals surface area contributed by atoms with Gasteiger partial charge in [0.15, 0.2) is 0 Å². The number of carbonyl (C=O) groups excluding carboxylic acids is 2. The monoisotopic (exact) mass is 432 g/mol. The van der Waals surface area contributed by atoms with Crippen molar-refractivity contribution in [3.05, 3.63) is 78.1 Å². The van der Waals surface area contributed by atoms with E-state index in [9.17, 15) is 9.59 Å². The minimum absolute atomic E-state index is 0.00568. The number of ether oxygens (including phenoxy) is 2. The lowest BCUT2D eigenvalue weighted by atomic mass is 10.0. The summed E-state index contributed by atoms with van der Waals surface area (Å²) in [5.74, 6) is 1.08. The molecule has 1 aliphatic rings. The maximum Gasteiger partial charge on any atom is 0.321 e. The number of nitrogens with zero attached hydrogens (tertiary/aromatic N) is 4. The van der Waals surface area contributed by atoms with Gasteiger partial charge in [0, 0.05) is 44.5 Å². The van der Waals surface area contributed by atoms with Crippen LogP contribution in [0.1, 0.15) is 28.9 Å². The summed E-state index contributed by atoms with van der Waals surface area (Å²) in [5.41, 5.74) is 1.43. The van der Waals surface area contributed by atoms with Gasteiger partial charge in [-0.15, -0.1) is 0 Å². The molecule has 0 spiro atoms. The highest BCUT2D eigenvalue weighted by molar-refractivity contribution is 5.95. The standard InChI is InChI=1S/C24H24N4O4/c1-17(29)27-13-14-28(22(16-27)18-7-9-20(31-2)10-8-18)23(30)19-5-3-6-21(15-19)32-24-25-11-4-12-26-24/h3-12,15,22H,13-14,16H2,1-2H3. The summed E-state index contributed by atoms with van der Waals surface area (Å²) in [5, 5.41) is 0. The zero-order valence-corrected chi connectivity index (χ0v) is 18.0. The third-order valence-electron chi connectivity index (χ3n) is 5.42. The van der Waals surface area contributed by atoms with Gasteiger partial charge < -0.3 is 19.3 Å². The van der Waals surface area contributed by atoms with Crippen LogP contribution in [0.25, 0.3) is 0 Å². The third-order valence-corrected chi connectivity index (χ3v) is 5.42. The van der Waals surface area contributed by atoms with Gasteiger partial charge >= 0.3 is 6.01 Å². The van der Waals surface area contributed by atoms with Crippen LogP contribution in [-0.4, -0.2) is 58.3 Å². The van der Waals surface area contributed by atoms with Crippen molar-refractivity contribution >= 4 is 11.8 Å². The van der Waals surface area contributed by atoms with Gasteiger partial charge in [0.25, 0.3) is 5.91 Å². The van der Waals surface area contributed by atoms with Crippen molar-refractivity contribution in [2.75, 3.05) is 26.7 Å². The fraction of sp³-hybridized carbons (Fsp3) is 0.250. The molecule has 0 N–H and O–H groups in total. The molecule has 1 atom stereocenters.